The summed E-state index contributed by atoms with van der Waals surface area (Å²) < 4.78 is 11.3. The Morgan fingerprint density at radius 3 is 2.86 bits per heavy atom. The van der Waals surface area contributed by atoms with E-state index in [4.69, 9.17) is 26.0 Å². The molecule has 1 spiro atoms. The third-order valence-electron chi connectivity index (χ3n) is 4.90. The fourth-order valence-electron chi connectivity index (χ4n) is 3.64. The van der Waals surface area contributed by atoms with Crippen LogP contribution in [-0.4, -0.2) is 57.1 Å². The maximum absolute atomic E-state index is 13.0. The molecular weight excluding hydrogens is 366 g/mol. The van der Waals surface area contributed by atoms with Crippen LogP contribution in [-0.2, 0) is 11.2 Å². The van der Waals surface area contributed by atoms with Gasteiger partial charge in [0.1, 0.15) is 17.2 Å². The fourth-order valence-corrected chi connectivity index (χ4v) is 3.64. The average Bonchev–Trinajstić information content (AvgIpc) is 3.23. The Hall–Kier alpha value is -3.56. The zero-order valence-corrected chi connectivity index (χ0v) is 14.9. The number of fused-ring (bicyclic) bond motifs is 1. The van der Waals surface area contributed by atoms with Gasteiger partial charge in [-0.25, -0.2) is 4.79 Å². The molecule has 1 fully saturated rings. The number of nitrogens with zero attached hydrogens (tertiary/aromatic N) is 3. The van der Waals surface area contributed by atoms with E-state index in [0.717, 1.165) is 0 Å². The number of carboxylic acid groups (broad SMARTS) is 1. The van der Waals surface area contributed by atoms with Gasteiger partial charge in [-0.2, -0.15) is 9.97 Å². The van der Waals surface area contributed by atoms with Crippen LogP contribution in [0.3, 0.4) is 0 Å². The number of hydrogen-bond acceptors (Lipinski definition) is 8. The molecule has 5 N–H and O–H groups in total. The number of anilines is 2. The van der Waals surface area contributed by atoms with Gasteiger partial charge < -0.3 is 30.9 Å². The van der Waals surface area contributed by atoms with Crippen molar-refractivity contribution >= 4 is 23.6 Å². The number of benzene rings is 1. The van der Waals surface area contributed by atoms with Crippen molar-refractivity contribution in [3.63, 3.8) is 0 Å². The van der Waals surface area contributed by atoms with Gasteiger partial charge >= 0.3 is 5.97 Å². The number of carbonyl (C=O) groups is 2. The minimum atomic E-state index is -1.11. The molecule has 1 amide bonds. The molecule has 0 bridgehead atoms. The van der Waals surface area contributed by atoms with E-state index in [2.05, 4.69) is 9.97 Å². The standard InChI is InChI=1S/C18H19N5O5/c19-14-11-7-18(28-15(11)22-17(20)21-14)5-6-23(9-18)16(26)10-3-1-2-4-12(10)27-8-13(24)25/h1-4H,5-9H2,(H,24,25)(H4,19,20,21,22)/t18-/m0/s1. The molecule has 0 saturated carbocycles. The van der Waals surface area contributed by atoms with Gasteiger partial charge in [-0.15, -0.1) is 0 Å². The zero-order chi connectivity index (χ0) is 19.9. The van der Waals surface area contributed by atoms with E-state index in [1.54, 1.807) is 29.2 Å². The van der Waals surface area contributed by atoms with Crippen molar-refractivity contribution in [1.29, 1.82) is 0 Å². The lowest BCUT2D eigenvalue weighted by Crippen LogP contribution is -2.40. The van der Waals surface area contributed by atoms with Crippen LogP contribution in [0.4, 0.5) is 11.8 Å². The summed E-state index contributed by atoms with van der Waals surface area (Å²) >= 11 is 0. The summed E-state index contributed by atoms with van der Waals surface area (Å²) in [5.41, 5.74) is 12.0. The monoisotopic (exact) mass is 385 g/mol. The van der Waals surface area contributed by atoms with Gasteiger partial charge in [0.25, 0.3) is 5.91 Å². The number of nitrogens with two attached hydrogens (primary N) is 2. The minimum absolute atomic E-state index is 0.0451. The largest absolute Gasteiger partial charge is 0.481 e. The van der Waals surface area contributed by atoms with E-state index in [1.165, 1.54) is 0 Å². The molecule has 3 heterocycles. The summed E-state index contributed by atoms with van der Waals surface area (Å²) in [5, 5.41) is 8.82. The number of carbonyl (C=O) groups excluding carboxylic acids is 1. The van der Waals surface area contributed by atoms with Gasteiger partial charge in [-0.05, 0) is 12.1 Å². The first kappa shape index (κ1) is 17.8. The molecule has 146 valence electrons. The number of para-hydroxylation sites is 1. The molecule has 0 radical (unpaired) electrons. The molecule has 2 aromatic rings. The van der Waals surface area contributed by atoms with Crippen molar-refractivity contribution in [3.05, 3.63) is 35.4 Å². The van der Waals surface area contributed by atoms with E-state index in [0.29, 0.717) is 42.9 Å². The quantitative estimate of drug-likeness (QED) is 0.675. The third-order valence-corrected chi connectivity index (χ3v) is 4.90. The number of aliphatic carboxylic acids is 1. The van der Waals surface area contributed by atoms with E-state index in [9.17, 15) is 9.59 Å². The topological polar surface area (TPSA) is 154 Å². The molecule has 10 nitrogen and oxygen atoms in total. The molecule has 0 unspecified atom stereocenters. The second-order valence-electron chi connectivity index (χ2n) is 6.87. The number of likely N-dealkylation sites (tertiary alicyclic amines) is 1. The predicted molar refractivity (Wildman–Crippen MR) is 98.0 cm³/mol. The first-order valence-electron chi connectivity index (χ1n) is 8.71. The van der Waals surface area contributed by atoms with Crippen LogP contribution in [0.25, 0.3) is 0 Å². The van der Waals surface area contributed by atoms with Gasteiger partial charge in [0.05, 0.1) is 17.7 Å². The number of aromatic nitrogens is 2. The van der Waals surface area contributed by atoms with Gasteiger partial charge in [-0.3, -0.25) is 4.79 Å². The van der Waals surface area contributed by atoms with Crippen LogP contribution < -0.4 is 20.9 Å². The molecule has 10 heteroatoms. The molecule has 1 aromatic heterocycles. The van der Waals surface area contributed by atoms with Crippen LogP contribution in [0.5, 0.6) is 11.6 Å². The Balaban J connectivity index is 1.52. The number of ether oxygens (including phenoxy) is 2. The molecule has 28 heavy (non-hydrogen) atoms. The number of nitrogen functional groups attached to an aromatic ring is 2. The molecule has 1 aromatic carbocycles. The maximum atomic E-state index is 13.0. The summed E-state index contributed by atoms with van der Waals surface area (Å²) in [6, 6.07) is 6.57. The van der Waals surface area contributed by atoms with Crippen molar-refractivity contribution in [3.8, 4) is 11.6 Å². The maximum Gasteiger partial charge on any atom is 0.341 e. The Bertz CT molecular complexity index is 965. The van der Waals surface area contributed by atoms with E-state index in [-0.39, 0.29) is 23.4 Å². The zero-order valence-electron chi connectivity index (χ0n) is 14.9. The van der Waals surface area contributed by atoms with Crippen LogP contribution in [0.2, 0.25) is 0 Å². The highest BCUT2D eigenvalue weighted by atomic mass is 16.5. The Kier molecular flexibility index (Phi) is 4.17. The molecule has 0 aliphatic carbocycles. The number of amides is 1. The highest BCUT2D eigenvalue weighted by Gasteiger charge is 2.48. The second kappa shape index (κ2) is 6.55. The van der Waals surface area contributed by atoms with Gasteiger partial charge in [0, 0.05) is 19.4 Å². The number of rotatable bonds is 4. The van der Waals surface area contributed by atoms with Crippen LogP contribution >= 0.6 is 0 Å². The highest BCUT2D eigenvalue weighted by Crippen LogP contribution is 2.42. The Labute approximate surface area is 160 Å². The van der Waals surface area contributed by atoms with Crippen LogP contribution in [0.15, 0.2) is 24.3 Å². The summed E-state index contributed by atoms with van der Waals surface area (Å²) in [7, 11) is 0. The molecule has 2 aliphatic rings. The Morgan fingerprint density at radius 1 is 1.29 bits per heavy atom. The predicted octanol–water partition coefficient (Wildman–Crippen LogP) is 0.324. The normalized spacial score (nSPS) is 20.1. The summed E-state index contributed by atoms with van der Waals surface area (Å²) in [6.07, 6.45) is 1.10. The summed E-state index contributed by atoms with van der Waals surface area (Å²) in [4.78, 5) is 33.5. The lowest BCUT2D eigenvalue weighted by atomic mass is 9.97. The average molecular weight is 385 g/mol. The summed E-state index contributed by atoms with van der Waals surface area (Å²) in [5.74, 6) is -0.437. The molecule has 1 atom stereocenters. The SMILES string of the molecule is Nc1nc(N)c2c(n1)O[C@@]1(CCN(C(=O)c3ccccc3OCC(=O)O)C1)C2. The molecular formula is C18H19N5O5. The van der Waals surface area contributed by atoms with Crippen molar-refractivity contribution in [1.82, 2.24) is 14.9 Å². The highest BCUT2D eigenvalue weighted by molar-refractivity contribution is 5.97. The first-order valence-corrected chi connectivity index (χ1v) is 8.71. The van der Waals surface area contributed by atoms with Crippen LogP contribution in [0, 0.1) is 0 Å². The van der Waals surface area contributed by atoms with Crippen molar-refractivity contribution in [2.24, 2.45) is 0 Å². The number of hydrogen-bond donors (Lipinski definition) is 3. The number of carboxylic acids is 1. The molecule has 4 rings (SSSR count). The van der Waals surface area contributed by atoms with Gasteiger partial charge in [0.2, 0.25) is 11.8 Å². The van der Waals surface area contributed by atoms with Gasteiger partial charge in [-0.1, -0.05) is 12.1 Å². The smallest absolute Gasteiger partial charge is 0.341 e. The van der Waals surface area contributed by atoms with Crippen molar-refractivity contribution in [2.45, 2.75) is 18.4 Å². The Morgan fingerprint density at radius 2 is 2.07 bits per heavy atom. The first-order chi connectivity index (χ1) is 13.4. The molecule has 2 aliphatic heterocycles. The van der Waals surface area contributed by atoms with E-state index >= 15 is 0 Å². The van der Waals surface area contributed by atoms with Gasteiger partial charge in [0.15, 0.2) is 6.61 Å². The fraction of sp³-hybridized carbons (Fsp3) is 0.333. The third kappa shape index (κ3) is 3.13. The second-order valence-corrected chi connectivity index (χ2v) is 6.87. The minimum Gasteiger partial charge on any atom is -0.481 e. The van der Waals surface area contributed by atoms with Crippen LogP contribution in [0.1, 0.15) is 22.3 Å². The van der Waals surface area contributed by atoms with E-state index < -0.39 is 18.2 Å². The van der Waals surface area contributed by atoms with E-state index in [1.807, 2.05) is 0 Å². The van der Waals surface area contributed by atoms with Crippen molar-refractivity contribution < 1.29 is 24.2 Å². The van der Waals surface area contributed by atoms with Crippen molar-refractivity contribution in [2.75, 3.05) is 31.2 Å². The lowest BCUT2D eigenvalue weighted by molar-refractivity contribution is -0.139. The summed E-state index contributed by atoms with van der Waals surface area (Å²) in [6.45, 7) is 0.295. The molecule has 1 saturated heterocycles. The lowest BCUT2D eigenvalue weighted by Gasteiger charge is -2.24.